The summed E-state index contributed by atoms with van der Waals surface area (Å²) in [5.41, 5.74) is 5.67. The fourth-order valence-corrected chi connectivity index (χ4v) is 1.15. The van der Waals surface area contributed by atoms with Crippen molar-refractivity contribution in [2.75, 3.05) is 0 Å². The van der Waals surface area contributed by atoms with Gasteiger partial charge in [0.25, 0.3) is 0 Å². The number of halogens is 1. The monoisotopic (exact) mass is 240 g/mol. The fourth-order valence-electron chi connectivity index (χ4n) is 1.15. The third-order valence-electron chi connectivity index (χ3n) is 2.59. The first kappa shape index (κ1) is 13.3. The summed E-state index contributed by atoms with van der Waals surface area (Å²) in [5.74, 6) is -0.201. The number of rotatable bonds is 4. The molecule has 0 radical (unpaired) electrons. The Morgan fingerprint density at radius 3 is 2.53 bits per heavy atom. The molecular formula is C12H17FN2O2. The minimum absolute atomic E-state index is 0.0841. The normalized spacial score (nSPS) is 13.8. The van der Waals surface area contributed by atoms with Crippen LogP contribution in [0.5, 0.6) is 5.75 Å². The fraction of sp³-hybridized carbons (Fsp3) is 0.417. The summed E-state index contributed by atoms with van der Waals surface area (Å²) in [6.45, 7) is 5.86. The number of hydrogen-bond acceptors (Lipinski definition) is 3. The average molecular weight is 240 g/mol. The molecule has 0 aromatic heterocycles. The van der Waals surface area contributed by atoms with Crippen LogP contribution in [0.1, 0.15) is 26.3 Å². The van der Waals surface area contributed by atoms with Crippen molar-refractivity contribution in [3.05, 3.63) is 29.6 Å². The molecule has 0 saturated heterocycles. The van der Waals surface area contributed by atoms with Gasteiger partial charge in [-0.15, -0.1) is 0 Å². The van der Waals surface area contributed by atoms with Crippen molar-refractivity contribution >= 4 is 5.84 Å². The predicted molar refractivity (Wildman–Crippen MR) is 63.8 cm³/mol. The van der Waals surface area contributed by atoms with Crippen molar-refractivity contribution in [3.8, 4) is 5.75 Å². The van der Waals surface area contributed by atoms with E-state index in [9.17, 15) is 4.39 Å². The van der Waals surface area contributed by atoms with Crippen LogP contribution in [0.4, 0.5) is 4.39 Å². The molecule has 4 nitrogen and oxygen atoms in total. The van der Waals surface area contributed by atoms with E-state index in [-0.39, 0.29) is 23.6 Å². The Morgan fingerprint density at radius 1 is 1.41 bits per heavy atom. The van der Waals surface area contributed by atoms with Crippen molar-refractivity contribution < 1.29 is 14.3 Å². The number of hydrogen-bond donors (Lipinski definition) is 2. The molecule has 0 bridgehead atoms. The maximum absolute atomic E-state index is 13.7. The van der Waals surface area contributed by atoms with Crippen LogP contribution >= 0.6 is 0 Å². The molecule has 0 aliphatic heterocycles. The molecule has 0 aliphatic carbocycles. The van der Waals surface area contributed by atoms with Crippen molar-refractivity contribution in [1.82, 2.24) is 0 Å². The topological polar surface area (TPSA) is 67.8 Å². The van der Waals surface area contributed by atoms with Gasteiger partial charge in [-0.3, -0.25) is 0 Å². The Kier molecular flexibility index (Phi) is 4.31. The predicted octanol–water partition coefficient (Wildman–Crippen LogP) is 2.34. The zero-order chi connectivity index (χ0) is 13.0. The van der Waals surface area contributed by atoms with Crippen molar-refractivity contribution in [3.63, 3.8) is 0 Å². The smallest absolute Gasteiger partial charge is 0.170 e. The highest BCUT2D eigenvalue weighted by molar-refractivity contribution is 5.97. The molecule has 1 aromatic carbocycles. The minimum atomic E-state index is -0.526. The van der Waals surface area contributed by atoms with Crippen LogP contribution < -0.4 is 10.5 Å². The van der Waals surface area contributed by atoms with Crippen LogP contribution in [0, 0.1) is 11.7 Å². The lowest BCUT2D eigenvalue weighted by Gasteiger charge is -2.18. The Morgan fingerprint density at radius 2 is 2.06 bits per heavy atom. The van der Waals surface area contributed by atoms with E-state index in [0.29, 0.717) is 5.56 Å². The van der Waals surface area contributed by atoms with Gasteiger partial charge < -0.3 is 15.7 Å². The highest BCUT2D eigenvalue weighted by Crippen LogP contribution is 2.21. The number of benzene rings is 1. The van der Waals surface area contributed by atoms with E-state index in [4.69, 9.17) is 15.7 Å². The van der Waals surface area contributed by atoms with E-state index in [2.05, 4.69) is 5.16 Å². The lowest BCUT2D eigenvalue weighted by atomic mass is 10.1. The standard InChI is InChI=1S/C12H17FN2O2/c1-7(2)8(3)17-11-5-4-9(6-10(11)13)12(14)15-16/h4-8,16H,1-3H3,(H2,14,15). The van der Waals surface area contributed by atoms with Gasteiger partial charge in [0.15, 0.2) is 17.4 Å². The highest BCUT2D eigenvalue weighted by atomic mass is 19.1. The summed E-state index contributed by atoms with van der Waals surface area (Å²) in [6, 6.07) is 4.19. The highest BCUT2D eigenvalue weighted by Gasteiger charge is 2.13. The molecule has 1 atom stereocenters. The first-order chi connectivity index (χ1) is 7.95. The van der Waals surface area contributed by atoms with Gasteiger partial charge >= 0.3 is 0 Å². The van der Waals surface area contributed by atoms with E-state index in [1.807, 2.05) is 20.8 Å². The van der Waals surface area contributed by atoms with Crippen molar-refractivity contribution in [2.45, 2.75) is 26.9 Å². The third-order valence-corrected chi connectivity index (χ3v) is 2.59. The first-order valence-electron chi connectivity index (χ1n) is 5.39. The summed E-state index contributed by atoms with van der Waals surface area (Å²) >= 11 is 0. The molecule has 0 amide bonds. The van der Waals surface area contributed by atoms with Gasteiger partial charge in [-0.1, -0.05) is 19.0 Å². The van der Waals surface area contributed by atoms with E-state index < -0.39 is 5.82 Å². The van der Waals surface area contributed by atoms with Crippen LogP contribution in [0.15, 0.2) is 23.4 Å². The second-order valence-corrected chi connectivity index (χ2v) is 4.20. The molecular weight excluding hydrogens is 223 g/mol. The first-order valence-corrected chi connectivity index (χ1v) is 5.39. The molecule has 0 heterocycles. The lowest BCUT2D eigenvalue weighted by molar-refractivity contribution is 0.163. The number of oxime groups is 1. The number of amidine groups is 1. The minimum Gasteiger partial charge on any atom is -0.487 e. The summed E-state index contributed by atoms with van der Waals surface area (Å²) in [7, 11) is 0. The molecule has 17 heavy (non-hydrogen) atoms. The number of nitrogens with two attached hydrogens (primary N) is 1. The summed E-state index contributed by atoms with van der Waals surface area (Å²) in [4.78, 5) is 0. The molecule has 1 rings (SSSR count). The molecule has 0 fully saturated rings. The van der Waals surface area contributed by atoms with Gasteiger partial charge in [0, 0.05) is 5.56 Å². The quantitative estimate of drug-likeness (QED) is 0.367. The van der Waals surface area contributed by atoms with Crippen molar-refractivity contribution in [1.29, 1.82) is 0 Å². The Labute approximate surface area is 99.9 Å². The second-order valence-electron chi connectivity index (χ2n) is 4.20. The zero-order valence-corrected chi connectivity index (χ0v) is 10.1. The third kappa shape index (κ3) is 3.34. The number of nitrogens with zero attached hydrogens (tertiary/aromatic N) is 1. The lowest BCUT2D eigenvalue weighted by Crippen LogP contribution is -2.19. The van der Waals surface area contributed by atoms with Crippen LogP contribution in [0.2, 0.25) is 0 Å². The Hall–Kier alpha value is -1.78. The maximum Gasteiger partial charge on any atom is 0.170 e. The van der Waals surface area contributed by atoms with Crippen molar-refractivity contribution in [2.24, 2.45) is 16.8 Å². The SMILES string of the molecule is CC(C)C(C)Oc1ccc(C(N)=NO)cc1F. The number of ether oxygens (including phenoxy) is 1. The summed E-state index contributed by atoms with van der Waals surface area (Å²) in [6.07, 6.45) is -0.0841. The van der Waals surface area contributed by atoms with Gasteiger partial charge in [-0.25, -0.2) is 4.39 Å². The van der Waals surface area contributed by atoms with E-state index in [1.54, 1.807) is 6.07 Å². The van der Waals surface area contributed by atoms with E-state index in [0.717, 1.165) is 0 Å². The molecule has 0 aliphatic rings. The van der Waals surface area contributed by atoms with Gasteiger partial charge in [-0.2, -0.15) is 0 Å². The molecule has 5 heteroatoms. The molecule has 3 N–H and O–H groups in total. The molecule has 0 spiro atoms. The van der Waals surface area contributed by atoms with E-state index in [1.165, 1.54) is 12.1 Å². The molecule has 1 aromatic rings. The molecule has 0 saturated carbocycles. The van der Waals surface area contributed by atoms with Crippen LogP contribution in [-0.4, -0.2) is 17.1 Å². The zero-order valence-electron chi connectivity index (χ0n) is 10.1. The van der Waals surface area contributed by atoms with Gasteiger partial charge in [0.05, 0.1) is 6.10 Å². The Bertz CT molecular complexity index is 419. The van der Waals surface area contributed by atoms with Gasteiger partial charge in [-0.05, 0) is 31.0 Å². The molecule has 94 valence electrons. The van der Waals surface area contributed by atoms with E-state index >= 15 is 0 Å². The van der Waals surface area contributed by atoms with Crippen LogP contribution in [-0.2, 0) is 0 Å². The molecule has 1 unspecified atom stereocenters. The summed E-state index contributed by atoms with van der Waals surface area (Å²) in [5, 5.41) is 11.3. The largest absolute Gasteiger partial charge is 0.487 e. The van der Waals surface area contributed by atoms with Crippen LogP contribution in [0.25, 0.3) is 0 Å². The second kappa shape index (κ2) is 5.52. The average Bonchev–Trinajstić information content (AvgIpc) is 2.30. The van der Waals surface area contributed by atoms with Crippen LogP contribution in [0.3, 0.4) is 0 Å². The maximum atomic E-state index is 13.7. The van der Waals surface area contributed by atoms with Gasteiger partial charge in [0.1, 0.15) is 0 Å². The summed E-state index contributed by atoms with van der Waals surface area (Å²) < 4.78 is 19.1. The van der Waals surface area contributed by atoms with Gasteiger partial charge in [0.2, 0.25) is 0 Å². The Balaban J connectivity index is 2.91.